The van der Waals surface area contributed by atoms with Gasteiger partial charge in [-0.3, -0.25) is 0 Å². The van der Waals surface area contributed by atoms with Crippen LogP contribution in [0.1, 0.15) is 0 Å². The van der Waals surface area contributed by atoms with Crippen molar-refractivity contribution >= 4 is 60.8 Å². The highest BCUT2D eigenvalue weighted by Crippen LogP contribution is 2.41. The Hall–Kier alpha value is -9.18. The van der Waals surface area contributed by atoms with Gasteiger partial charge in [0.25, 0.3) is 0 Å². The smallest absolute Gasteiger partial charge is 0.136 e. The molecule has 0 fully saturated rings. The number of hydrogen-bond acceptors (Lipinski definition) is 2. The van der Waals surface area contributed by atoms with Crippen molar-refractivity contribution in [3.05, 3.63) is 267 Å². The Balaban J connectivity index is 0.874. The molecule has 0 saturated heterocycles. The summed E-state index contributed by atoms with van der Waals surface area (Å²) in [4.78, 5) is 2.37. The summed E-state index contributed by atoms with van der Waals surface area (Å²) in [5.41, 5.74) is 20.1. The normalized spacial score (nSPS) is 11.5. The lowest BCUT2D eigenvalue weighted by molar-refractivity contribution is 0.669. The van der Waals surface area contributed by atoms with E-state index in [4.69, 9.17) is 4.42 Å². The predicted molar refractivity (Wildman–Crippen MR) is 290 cm³/mol. The van der Waals surface area contributed by atoms with Gasteiger partial charge in [-0.15, -0.1) is 0 Å². The molecule has 0 radical (unpaired) electrons. The molecule has 0 aliphatic heterocycles. The van der Waals surface area contributed by atoms with Gasteiger partial charge >= 0.3 is 0 Å². The van der Waals surface area contributed by atoms with Crippen LogP contribution in [0.15, 0.2) is 271 Å². The molecule has 0 atom stereocenters. The number of hydrogen-bond donors (Lipinski definition) is 0. The van der Waals surface area contributed by atoms with E-state index in [0.717, 1.165) is 72.5 Å². The van der Waals surface area contributed by atoms with Crippen LogP contribution in [0.5, 0.6) is 0 Å². The Labute approximate surface area is 401 Å². The Kier molecular flexibility index (Phi) is 9.84. The van der Waals surface area contributed by atoms with Crippen LogP contribution < -0.4 is 4.90 Å². The minimum atomic E-state index is 0.886. The number of rotatable bonds is 9. The van der Waals surface area contributed by atoms with Crippen molar-refractivity contribution in [2.75, 3.05) is 4.90 Å². The molecule has 0 spiro atoms. The summed E-state index contributed by atoms with van der Waals surface area (Å²) in [5.74, 6) is 0. The molecule has 69 heavy (non-hydrogen) atoms. The van der Waals surface area contributed by atoms with Crippen molar-refractivity contribution in [1.82, 2.24) is 4.57 Å². The summed E-state index contributed by atoms with van der Waals surface area (Å²) in [6.07, 6.45) is 0. The number of para-hydroxylation sites is 3. The molecule has 3 nitrogen and oxygen atoms in total. The minimum Gasteiger partial charge on any atom is -0.456 e. The summed E-state index contributed by atoms with van der Waals surface area (Å²) in [6.45, 7) is 0. The van der Waals surface area contributed by atoms with Gasteiger partial charge in [0.1, 0.15) is 11.2 Å². The molecular formula is C66H44N2O. The minimum absolute atomic E-state index is 0.886. The third kappa shape index (κ3) is 7.34. The molecule has 0 N–H and O–H groups in total. The van der Waals surface area contributed by atoms with Gasteiger partial charge < -0.3 is 13.9 Å². The van der Waals surface area contributed by atoms with E-state index in [2.05, 4.69) is 264 Å². The third-order valence-corrected chi connectivity index (χ3v) is 13.6. The van der Waals surface area contributed by atoms with Crippen molar-refractivity contribution in [2.45, 2.75) is 0 Å². The molecule has 2 heterocycles. The quantitative estimate of drug-likeness (QED) is 0.144. The summed E-state index contributed by atoms with van der Waals surface area (Å²) in [6, 6.07) is 96.2. The zero-order valence-corrected chi connectivity index (χ0v) is 37.7. The average Bonchev–Trinajstić information content (AvgIpc) is 3.97. The van der Waals surface area contributed by atoms with Gasteiger partial charge in [-0.2, -0.15) is 0 Å². The maximum Gasteiger partial charge on any atom is 0.136 e. The van der Waals surface area contributed by atoms with E-state index in [9.17, 15) is 0 Å². The van der Waals surface area contributed by atoms with E-state index in [-0.39, 0.29) is 0 Å². The molecule has 0 aliphatic rings. The second-order valence-corrected chi connectivity index (χ2v) is 17.7. The van der Waals surface area contributed by atoms with Crippen molar-refractivity contribution in [2.24, 2.45) is 0 Å². The van der Waals surface area contributed by atoms with Crippen LogP contribution in [0, 0.1) is 0 Å². The van der Waals surface area contributed by atoms with E-state index in [1.54, 1.807) is 0 Å². The van der Waals surface area contributed by atoms with Gasteiger partial charge in [-0.25, -0.2) is 0 Å². The molecule has 13 aromatic rings. The highest BCUT2D eigenvalue weighted by Gasteiger charge is 2.17. The molecule has 0 bridgehead atoms. The molecule has 0 amide bonds. The zero-order valence-electron chi connectivity index (χ0n) is 37.7. The Morgan fingerprint density at radius 3 is 1.29 bits per heavy atom. The third-order valence-electron chi connectivity index (χ3n) is 13.6. The Bertz CT molecular complexity index is 3970. The Morgan fingerprint density at radius 1 is 0.246 bits per heavy atom. The van der Waals surface area contributed by atoms with Crippen molar-refractivity contribution < 1.29 is 4.42 Å². The average molecular weight is 881 g/mol. The first-order valence-electron chi connectivity index (χ1n) is 23.6. The lowest BCUT2D eigenvalue weighted by Gasteiger charge is -2.27. The lowest BCUT2D eigenvalue weighted by Crippen LogP contribution is -2.10. The van der Waals surface area contributed by atoms with E-state index < -0.39 is 0 Å². The summed E-state index contributed by atoms with van der Waals surface area (Å²) in [5, 5.41) is 4.78. The van der Waals surface area contributed by atoms with E-state index in [1.165, 1.54) is 49.6 Å². The molecule has 2 aromatic heterocycles. The SMILES string of the molecule is c1ccc(-c2cccc(-c3cccc(N(c4ccc(-c5cccc(-c6cccc(-n7c8ccccc8c8ccccc87)c6)c5)cc4)c4cccc(-c5ccc6c(c5)oc5ccccc56)c4)c3)c2)cc1. The number of aromatic nitrogens is 1. The zero-order chi connectivity index (χ0) is 45.7. The van der Waals surface area contributed by atoms with Crippen LogP contribution >= 0.6 is 0 Å². The topological polar surface area (TPSA) is 21.3 Å². The van der Waals surface area contributed by atoms with Gasteiger partial charge in [-0.1, -0.05) is 176 Å². The van der Waals surface area contributed by atoms with Crippen LogP contribution in [-0.2, 0) is 0 Å². The van der Waals surface area contributed by atoms with E-state index in [0.29, 0.717) is 0 Å². The maximum atomic E-state index is 6.34. The number of benzene rings is 11. The van der Waals surface area contributed by atoms with Gasteiger partial charge in [0.05, 0.1) is 11.0 Å². The van der Waals surface area contributed by atoms with Crippen LogP contribution in [0.3, 0.4) is 0 Å². The standard InChI is InChI=1S/C66H44N2O/c1-2-15-45(16-3-1)47-17-10-19-49(39-47)51-21-12-24-56(41-51)67(57-25-13-23-53(42-57)54-35-38-62-61-29-6-9-32-65(61)69-66(62)44-54)55-36-33-46(34-37-55)48-18-11-20-50(40-48)52-22-14-26-58(43-52)68-63-30-7-4-27-59(63)60-28-5-8-31-64(60)68/h1-44H. The largest absolute Gasteiger partial charge is 0.456 e. The first-order valence-corrected chi connectivity index (χ1v) is 23.6. The first kappa shape index (κ1) is 40.1. The van der Waals surface area contributed by atoms with Crippen molar-refractivity contribution in [3.63, 3.8) is 0 Å². The molecule has 3 heteroatoms. The fourth-order valence-electron chi connectivity index (χ4n) is 10.2. The maximum absolute atomic E-state index is 6.34. The second-order valence-electron chi connectivity index (χ2n) is 17.7. The van der Waals surface area contributed by atoms with Crippen LogP contribution in [-0.4, -0.2) is 4.57 Å². The second kappa shape index (κ2) is 16.9. The number of anilines is 3. The van der Waals surface area contributed by atoms with Crippen molar-refractivity contribution in [3.8, 4) is 61.3 Å². The molecule has 0 unspecified atom stereocenters. The highest BCUT2D eigenvalue weighted by molar-refractivity contribution is 6.09. The van der Waals surface area contributed by atoms with Crippen molar-refractivity contribution in [1.29, 1.82) is 0 Å². The van der Waals surface area contributed by atoms with Crippen LogP contribution in [0.2, 0.25) is 0 Å². The number of nitrogens with zero attached hydrogens (tertiary/aromatic N) is 2. The lowest BCUT2D eigenvalue weighted by atomic mass is 9.97. The monoisotopic (exact) mass is 880 g/mol. The van der Waals surface area contributed by atoms with Gasteiger partial charge in [-0.05, 0) is 147 Å². The van der Waals surface area contributed by atoms with Gasteiger partial charge in [0.15, 0.2) is 0 Å². The molecule has 11 aromatic carbocycles. The molecule has 13 rings (SSSR count). The predicted octanol–water partition coefficient (Wildman–Crippen LogP) is 18.5. The fourth-order valence-corrected chi connectivity index (χ4v) is 10.2. The molecular weight excluding hydrogens is 837 g/mol. The molecule has 0 aliphatic carbocycles. The first-order chi connectivity index (χ1) is 34.2. The summed E-state index contributed by atoms with van der Waals surface area (Å²) >= 11 is 0. The van der Waals surface area contributed by atoms with Crippen LogP contribution in [0.25, 0.3) is 105 Å². The van der Waals surface area contributed by atoms with Gasteiger partial charge in [0.2, 0.25) is 0 Å². The Morgan fingerprint density at radius 2 is 0.667 bits per heavy atom. The fraction of sp³-hybridized carbons (Fsp3) is 0. The van der Waals surface area contributed by atoms with E-state index in [1.807, 2.05) is 12.1 Å². The summed E-state index contributed by atoms with van der Waals surface area (Å²) < 4.78 is 8.72. The molecule has 0 saturated carbocycles. The molecule has 324 valence electrons. The number of furan rings is 1. The highest BCUT2D eigenvalue weighted by atomic mass is 16.3. The van der Waals surface area contributed by atoms with Gasteiger partial charge in [0, 0.05) is 44.3 Å². The van der Waals surface area contributed by atoms with E-state index >= 15 is 0 Å². The van der Waals surface area contributed by atoms with Crippen LogP contribution in [0.4, 0.5) is 17.1 Å². The summed E-state index contributed by atoms with van der Waals surface area (Å²) in [7, 11) is 0. The number of fused-ring (bicyclic) bond motifs is 6.